The van der Waals surface area contributed by atoms with Gasteiger partial charge in [-0.1, -0.05) is 17.7 Å². The molecule has 0 aliphatic rings. The van der Waals surface area contributed by atoms with Crippen LogP contribution in [0.2, 0.25) is 0 Å². The molecule has 0 bridgehead atoms. The molecule has 0 spiro atoms. The Hall–Kier alpha value is -3.49. The van der Waals surface area contributed by atoms with Crippen LogP contribution in [-0.2, 0) is 18.4 Å². The number of benzene rings is 1. The van der Waals surface area contributed by atoms with E-state index in [9.17, 15) is 14.4 Å². The van der Waals surface area contributed by atoms with Crippen LogP contribution in [-0.4, -0.2) is 31.3 Å². The number of aromatic nitrogens is 4. The van der Waals surface area contributed by atoms with Gasteiger partial charge in [-0.2, -0.15) is 5.10 Å². The van der Waals surface area contributed by atoms with E-state index in [4.69, 9.17) is 0 Å². The number of anilines is 1. The fraction of sp³-hybridized carbons (Fsp3) is 0.235. The molecule has 26 heavy (non-hydrogen) atoms. The Balaban J connectivity index is 1.68. The number of nitrogens with one attached hydrogen (secondary N) is 2. The molecule has 0 unspecified atom stereocenters. The van der Waals surface area contributed by atoms with E-state index in [1.165, 1.54) is 17.2 Å². The molecule has 0 saturated heterocycles. The number of amides is 3. The van der Waals surface area contributed by atoms with Crippen molar-refractivity contribution in [3.63, 3.8) is 0 Å². The normalized spacial score (nSPS) is 10.7. The number of rotatable bonds is 3. The molecule has 2 aromatic heterocycles. The summed E-state index contributed by atoms with van der Waals surface area (Å²) in [5.41, 5.74) is 2.60. The van der Waals surface area contributed by atoms with Crippen molar-refractivity contribution in [3.8, 4) is 0 Å². The average molecular weight is 354 g/mol. The molecule has 0 atom stereocenters. The summed E-state index contributed by atoms with van der Waals surface area (Å²) < 4.78 is 2.60. The largest absolute Gasteiger partial charge is 0.325 e. The van der Waals surface area contributed by atoms with Crippen molar-refractivity contribution in [1.29, 1.82) is 0 Å². The predicted molar refractivity (Wildman–Crippen MR) is 95.8 cm³/mol. The fourth-order valence-electron chi connectivity index (χ4n) is 2.61. The van der Waals surface area contributed by atoms with Gasteiger partial charge in [-0.15, -0.1) is 0 Å². The number of hydrogen-bond acceptors (Lipinski definition) is 5. The van der Waals surface area contributed by atoms with Gasteiger partial charge in [-0.3, -0.25) is 24.2 Å². The molecular weight excluding hydrogens is 336 g/mol. The first-order chi connectivity index (χ1) is 12.3. The first-order valence-electron chi connectivity index (χ1n) is 7.90. The van der Waals surface area contributed by atoms with Gasteiger partial charge in [0.15, 0.2) is 5.65 Å². The number of fused-ring (bicyclic) bond motifs is 1. The van der Waals surface area contributed by atoms with E-state index < -0.39 is 17.5 Å². The van der Waals surface area contributed by atoms with E-state index in [0.717, 1.165) is 15.7 Å². The highest BCUT2D eigenvalue weighted by Gasteiger charge is 2.13. The smallest absolute Gasteiger partial charge is 0.307 e. The minimum absolute atomic E-state index is 0.308. The lowest BCUT2D eigenvalue weighted by Gasteiger charge is -2.10. The molecule has 2 N–H and O–H groups in total. The zero-order valence-electron chi connectivity index (χ0n) is 14.6. The SMILES string of the molecule is Cc1ccc(NC(=O)NC(=O)Cn2cnc3c(cnn3C)c2=O)c(C)c1. The molecule has 3 rings (SSSR count). The number of carbonyl (C=O) groups is 2. The quantitative estimate of drug-likeness (QED) is 0.731. The van der Waals surface area contributed by atoms with Gasteiger partial charge < -0.3 is 5.32 Å². The van der Waals surface area contributed by atoms with Gasteiger partial charge in [-0.05, 0) is 25.5 Å². The van der Waals surface area contributed by atoms with Crippen molar-refractivity contribution in [2.45, 2.75) is 20.4 Å². The van der Waals surface area contributed by atoms with E-state index in [-0.39, 0.29) is 6.54 Å². The first-order valence-corrected chi connectivity index (χ1v) is 7.90. The van der Waals surface area contributed by atoms with Crippen LogP contribution in [0.25, 0.3) is 11.0 Å². The van der Waals surface area contributed by atoms with E-state index in [1.54, 1.807) is 13.1 Å². The average Bonchev–Trinajstić information content (AvgIpc) is 2.95. The van der Waals surface area contributed by atoms with Gasteiger partial charge in [0, 0.05) is 12.7 Å². The minimum Gasteiger partial charge on any atom is -0.307 e. The summed E-state index contributed by atoms with van der Waals surface area (Å²) in [6, 6.07) is 4.88. The van der Waals surface area contributed by atoms with Crippen LogP contribution in [0, 0.1) is 13.8 Å². The van der Waals surface area contributed by atoms with Gasteiger partial charge in [-0.25, -0.2) is 9.78 Å². The van der Waals surface area contributed by atoms with E-state index in [0.29, 0.717) is 16.7 Å². The predicted octanol–water partition coefficient (Wildman–Crippen LogP) is 1.10. The Morgan fingerprint density at radius 3 is 2.73 bits per heavy atom. The van der Waals surface area contributed by atoms with Crippen LogP contribution in [0.3, 0.4) is 0 Å². The van der Waals surface area contributed by atoms with Crippen LogP contribution in [0.4, 0.5) is 10.5 Å². The third kappa shape index (κ3) is 3.46. The second-order valence-electron chi connectivity index (χ2n) is 6.00. The van der Waals surface area contributed by atoms with Gasteiger partial charge in [0.2, 0.25) is 5.91 Å². The Morgan fingerprint density at radius 2 is 2.00 bits per heavy atom. The molecule has 0 saturated carbocycles. The highest BCUT2D eigenvalue weighted by atomic mass is 16.2. The molecule has 3 amide bonds. The van der Waals surface area contributed by atoms with Gasteiger partial charge in [0.1, 0.15) is 18.3 Å². The number of carbonyl (C=O) groups excluding carboxylic acids is 2. The molecule has 0 fully saturated rings. The van der Waals surface area contributed by atoms with Crippen LogP contribution >= 0.6 is 0 Å². The lowest BCUT2D eigenvalue weighted by molar-refractivity contribution is -0.120. The van der Waals surface area contributed by atoms with Crippen LogP contribution in [0.5, 0.6) is 0 Å². The Bertz CT molecular complexity index is 1070. The molecule has 1 aromatic carbocycles. The molecule has 9 nitrogen and oxygen atoms in total. The maximum Gasteiger partial charge on any atom is 0.325 e. The van der Waals surface area contributed by atoms with Gasteiger partial charge in [0.05, 0.1) is 6.20 Å². The topological polar surface area (TPSA) is 111 Å². The Morgan fingerprint density at radius 1 is 1.23 bits per heavy atom. The summed E-state index contributed by atoms with van der Waals surface area (Å²) in [4.78, 5) is 40.5. The van der Waals surface area contributed by atoms with Crippen molar-refractivity contribution < 1.29 is 9.59 Å². The molecule has 134 valence electrons. The Kier molecular flexibility index (Phi) is 4.53. The zero-order valence-corrected chi connectivity index (χ0v) is 14.6. The lowest BCUT2D eigenvalue weighted by atomic mass is 10.1. The zero-order chi connectivity index (χ0) is 18.8. The van der Waals surface area contributed by atoms with Crippen molar-refractivity contribution in [3.05, 3.63) is 52.2 Å². The molecule has 0 aliphatic carbocycles. The molecular formula is C17H18N6O3. The molecule has 3 aromatic rings. The number of aryl methyl sites for hydroxylation is 3. The third-order valence-corrected chi connectivity index (χ3v) is 3.92. The Labute approximate surface area is 148 Å². The second-order valence-corrected chi connectivity index (χ2v) is 6.00. The minimum atomic E-state index is -0.662. The summed E-state index contributed by atoms with van der Waals surface area (Å²) in [7, 11) is 1.67. The first kappa shape index (κ1) is 17.3. The van der Waals surface area contributed by atoms with Gasteiger partial charge in [0.25, 0.3) is 5.56 Å². The summed E-state index contributed by atoms with van der Waals surface area (Å²) >= 11 is 0. The van der Waals surface area contributed by atoms with Crippen molar-refractivity contribution in [2.24, 2.45) is 7.05 Å². The molecule has 2 heterocycles. The van der Waals surface area contributed by atoms with Gasteiger partial charge >= 0.3 is 6.03 Å². The summed E-state index contributed by atoms with van der Waals surface area (Å²) in [5, 5.41) is 9.09. The number of nitrogens with zero attached hydrogens (tertiary/aromatic N) is 4. The fourth-order valence-corrected chi connectivity index (χ4v) is 2.61. The van der Waals surface area contributed by atoms with Crippen molar-refractivity contribution in [1.82, 2.24) is 24.6 Å². The van der Waals surface area contributed by atoms with Crippen molar-refractivity contribution in [2.75, 3.05) is 5.32 Å². The molecule has 9 heteroatoms. The van der Waals surface area contributed by atoms with Crippen molar-refractivity contribution >= 4 is 28.7 Å². The number of imide groups is 1. The van der Waals surface area contributed by atoms with E-state index in [1.807, 2.05) is 26.0 Å². The number of hydrogen-bond donors (Lipinski definition) is 2. The van der Waals surface area contributed by atoms with E-state index >= 15 is 0 Å². The summed E-state index contributed by atoms with van der Waals surface area (Å²) in [6.45, 7) is 3.49. The standard InChI is InChI=1S/C17H18N6O3/c1-10-4-5-13(11(2)6-10)20-17(26)21-14(24)8-23-9-18-15-12(16(23)25)7-19-22(15)3/h4-7,9H,8H2,1-3H3,(H2,20,21,24,26). The monoisotopic (exact) mass is 354 g/mol. The summed E-state index contributed by atoms with van der Waals surface area (Å²) in [5.74, 6) is -0.626. The lowest BCUT2D eigenvalue weighted by Crippen LogP contribution is -2.38. The second kappa shape index (κ2) is 6.79. The number of urea groups is 1. The highest BCUT2D eigenvalue weighted by Crippen LogP contribution is 2.15. The molecule has 0 aliphatic heterocycles. The molecule has 0 radical (unpaired) electrons. The maximum atomic E-state index is 12.3. The third-order valence-electron chi connectivity index (χ3n) is 3.92. The van der Waals surface area contributed by atoms with Crippen LogP contribution < -0.4 is 16.2 Å². The van der Waals surface area contributed by atoms with Crippen LogP contribution in [0.15, 0.2) is 35.5 Å². The maximum absolute atomic E-state index is 12.3. The van der Waals surface area contributed by atoms with E-state index in [2.05, 4.69) is 20.7 Å². The highest BCUT2D eigenvalue weighted by molar-refractivity contribution is 6.01. The summed E-state index contributed by atoms with van der Waals surface area (Å²) in [6.07, 6.45) is 2.65. The van der Waals surface area contributed by atoms with Crippen LogP contribution in [0.1, 0.15) is 11.1 Å².